The molecule has 1 N–H and O–H groups in total. The third kappa shape index (κ3) is 4.20. The molecule has 1 aliphatic carbocycles. The smallest absolute Gasteiger partial charge is 0.268 e. The van der Waals surface area contributed by atoms with Crippen LogP contribution in [0.3, 0.4) is 0 Å². The summed E-state index contributed by atoms with van der Waals surface area (Å²) in [6.45, 7) is 3.12. The molecule has 1 atom stereocenters. The third-order valence-electron chi connectivity index (χ3n) is 6.49. The number of hydrogen-bond donors (Lipinski definition) is 1. The highest BCUT2D eigenvalue weighted by molar-refractivity contribution is 6.30. The molecule has 1 aliphatic heterocycles. The average Bonchev–Trinajstić information content (AvgIpc) is 2.89. The van der Waals surface area contributed by atoms with E-state index >= 15 is 0 Å². The van der Waals surface area contributed by atoms with Gasteiger partial charge < -0.3 is 10.1 Å². The van der Waals surface area contributed by atoms with Crippen molar-refractivity contribution in [1.29, 1.82) is 0 Å². The van der Waals surface area contributed by atoms with Crippen LogP contribution in [0.1, 0.15) is 68.9 Å². The normalized spacial score (nSPS) is 15.9. The maximum absolute atomic E-state index is 13.2. The van der Waals surface area contributed by atoms with Crippen molar-refractivity contribution in [1.82, 2.24) is 0 Å². The van der Waals surface area contributed by atoms with Gasteiger partial charge in [-0.1, -0.05) is 43.3 Å². The molecule has 8 nitrogen and oxygen atoms in total. The number of nitrogens with one attached hydrogen (secondary N) is 1. The first-order chi connectivity index (χ1) is 17.8. The van der Waals surface area contributed by atoms with Crippen LogP contribution in [0.5, 0.6) is 5.75 Å². The minimum atomic E-state index is -0.822. The molecular weight excluding hydrogens is 472 g/mol. The Balaban J connectivity index is 1.44. The van der Waals surface area contributed by atoms with Crippen molar-refractivity contribution in [2.45, 2.75) is 32.8 Å². The van der Waals surface area contributed by atoms with Gasteiger partial charge in [0, 0.05) is 28.7 Å². The summed E-state index contributed by atoms with van der Waals surface area (Å²) in [6.07, 6.45) is 0.221. The molecule has 0 saturated heterocycles. The lowest BCUT2D eigenvalue weighted by atomic mass is 9.83. The number of anilines is 2. The highest BCUT2D eigenvalue weighted by Crippen LogP contribution is 2.36. The van der Waals surface area contributed by atoms with E-state index in [0.717, 1.165) is 0 Å². The fourth-order valence-electron chi connectivity index (χ4n) is 4.70. The molecule has 0 bridgehead atoms. The number of benzene rings is 3. The molecule has 3 aromatic carbocycles. The molecule has 37 heavy (non-hydrogen) atoms. The molecule has 0 aromatic heterocycles. The Morgan fingerprint density at radius 3 is 2.35 bits per heavy atom. The zero-order valence-corrected chi connectivity index (χ0v) is 20.4. The van der Waals surface area contributed by atoms with Crippen LogP contribution >= 0.6 is 0 Å². The molecule has 186 valence electrons. The minimum absolute atomic E-state index is 0.0693. The third-order valence-corrected chi connectivity index (χ3v) is 6.49. The minimum Gasteiger partial charge on any atom is -0.479 e. The molecule has 1 unspecified atom stereocenters. The lowest BCUT2D eigenvalue weighted by molar-refractivity contribution is -0.127. The highest BCUT2D eigenvalue weighted by Gasteiger charge is 2.35. The summed E-state index contributed by atoms with van der Waals surface area (Å²) in [5.41, 5.74) is 1.87. The molecule has 1 heterocycles. The van der Waals surface area contributed by atoms with Gasteiger partial charge in [0.2, 0.25) is 5.91 Å². The monoisotopic (exact) mass is 496 g/mol. The number of rotatable bonds is 6. The lowest BCUT2D eigenvalue weighted by Gasteiger charge is -2.33. The summed E-state index contributed by atoms with van der Waals surface area (Å²) in [4.78, 5) is 66.1. The van der Waals surface area contributed by atoms with Crippen molar-refractivity contribution in [2.24, 2.45) is 0 Å². The van der Waals surface area contributed by atoms with Crippen LogP contribution in [0.4, 0.5) is 11.4 Å². The van der Waals surface area contributed by atoms with Crippen molar-refractivity contribution in [2.75, 3.05) is 16.8 Å². The summed E-state index contributed by atoms with van der Waals surface area (Å²) in [6, 6.07) is 16.1. The summed E-state index contributed by atoms with van der Waals surface area (Å²) in [5, 5.41) is 2.71. The van der Waals surface area contributed by atoms with Gasteiger partial charge in [0.25, 0.3) is 5.91 Å². The number of Topliss-reactive ketones (excluding diaryl/α,β-unsaturated/α-hetero) is 1. The van der Waals surface area contributed by atoms with Gasteiger partial charge >= 0.3 is 0 Å². The molecule has 2 amide bonds. The first-order valence-electron chi connectivity index (χ1n) is 12.1. The van der Waals surface area contributed by atoms with Gasteiger partial charge in [-0.05, 0) is 37.6 Å². The second-order valence-corrected chi connectivity index (χ2v) is 9.02. The van der Waals surface area contributed by atoms with Crippen LogP contribution in [0, 0.1) is 0 Å². The predicted molar refractivity (Wildman–Crippen MR) is 137 cm³/mol. The van der Waals surface area contributed by atoms with Gasteiger partial charge in [0.1, 0.15) is 12.3 Å². The second kappa shape index (κ2) is 9.46. The fourth-order valence-corrected chi connectivity index (χ4v) is 4.70. The van der Waals surface area contributed by atoms with E-state index in [1.165, 1.54) is 4.90 Å². The van der Waals surface area contributed by atoms with E-state index in [0.29, 0.717) is 35.4 Å². The molecule has 0 radical (unpaired) electrons. The van der Waals surface area contributed by atoms with Gasteiger partial charge in [-0.25, -0.2) is 0 Å². The summed E-state index contributed by atoms with van der Waals surface area (Å²) in [5.74, 6) is -1.33. The Hall–Kier alpha value is -4.59. The van der Waals surface area contributed by atoms with Gasteiger partial charge in [0.15, 0.2) is 23.5 Å². The second-order valence-electron chi connectivity index (χ2n) is 9.02. The van der Waals surface area contributed by atoms with Gasteiger partial charge in [-0.2, -0.15) is 0 Å². The maximum atomic E-state index is 13.2. The van der Waals surface area contributed by atoms with E-state index in [2.05, 4.69) is 5.32 Å². The van der Waals surface area contributed by atoms with E-state index in [9.17, 15) is 24.0 Å². The Morgan fingerprint density at radius 2 is 1.62 bits per heavy atom. The van der Waals surface area contributed by atoms with Crippen LogP contribution in [0.25, 0.3) is 0 Å². The standard InChI is InChI=1S/C29H24N2O6/c1-3-7-23(32)17-12-13-24-22(14-17)31(29(36)16(2)37-24)15-25(33)30-21-11-6-10-20-26(21)28(35)19-9-5-4-8-18(19)27(20)34/h4-6,8-14,16H,3,7,15H2,1-2H3,(H,30,33). The SMILES string of the molecule is CCCC(=O)c1ccc2c(c1)N(CC(=O)Nc1cccc3c1C(=O)c1ccccc1C3=O)C(=O)C(C)O2. The quantitative estimate of drug-likeness (QED) is 0.401. The number of carbonyl (C=O) groups is 5. The van der Waals surface area contributed by atoms with E-state index < -0.39 is 17.9 Å². The van der Waals surface area contributed by atoms with Crippen LogP contribution in [-0.2, 0) is 9.59 Å². The Labute approximate surface area is 213 Å². The zero-order chi connectivity index (χ0) is 26.3. The van der Waals surface area contributed by atoms with E-state index in [4.69, 9.17) is 4.74 Å². The number of hydrogen-bond acceptors (Lipinski definition) is 6. The van der Waals surface area contributed by atoms with Crippen molar-refractivity contribution in [3.8, 4) is 5.75 Å². The number of amides is 2. The number of ether oxygens (including phenoxy) is 1. The molecule has 0 saturated carbocycles. The molecule has 3 aromatic rings. The van der Waals surface area contributed by atoms with Crippen molar-refractivity contribution in [3.05, 3.63) is 88.5 Å². The average molecular weight is 497 g/mol. The topological polar surface area (TPSA) is 110 Å². The van der Waals surface area contributed by atoms with Crippen LogP contribution in [0.15, 0.2) is 60.7 Å². The fraction of sp³-hybridized carbons (Fsp3) is 0.207. The molecule has 0 fully saturated rings. The molecule has 0 spiro atoms. The lowest BCUT2D eigenvalue weighted by Crippen LogP contribution is -2.47. The molecular formula is C29H24N2O6. The van der Waals surface area contributed by atoms with Crippen molar-refractivity contribution in [3.63, 3.8) is 0 Å². The summed E-state index contributed by atoms with van der Waals surface area (Å²) >= 11 is 0. The maximum Gasteiger partial charge on any atom is 0.268 e. The van der Waals surface area contributed by atoms with Gasteiger partial charge in [-0.3, -0.25) is 28.9 Å². The number of nitrogens with zero attached hydrogens (tertiary/aromatic N) is 1. The number of carbonyl (C=O) groups excluding carboxylic acids is 5. The Kier molecular flexibility index (Phi) is 6.17. The number of ketones is 3. The largest absolute Gasteiger partial charge is 0.479 e. The van der Waals surface area contributed by atoms with E-state index in [-0.39, 0.29) is 46.3 Å². The van der Waals surface area contributed by atoms with Gasteiger partial charge in [-0.15, -0.1) is 0 Å². The predicted octanol–water partition coefficient (Wildman–Crippen LogP) is 4.20. The first kappa shape index (κ1) is 24.1. The van der Waals surface area contributed by atoms with Crippen molar-refractivity contribution < 1.29 is 28.7 Å². The summed E-state index contributed by atoms with van der Waals surface area (Å²) < 4.78 is 5.69. The van der Waals surface area contributed by atoms with Crippen LogP contribution in [-0.4, -0.2) is 41.8 Å². The highest BCUT2D eigenvalue weighted by atomic mass is 16.5. The van der Waals surface area contributed by atoms with Gasteiger partial charge in [0.05, 0.1) is 16.9 Å². The summed E-state index contributed by atoms with van der Waals surface area (Å²) in [7, 11) is 0. The number of fused-ring (bicyclic) bond motifs is 3. The molecule has 5 rings (SSSR count). The van der Waals surface area contributed by atoms with E-state index in [1.807, 2.05) is 6.92 Å². The van der Waals surface area contributed by atoms with Crippen molar-refractivity contribution >= 4 is 40.5 Å². The first-order valence-corrected chi connectivity index (χ1v) is 12.1. The van der Waals surface area contributed by atoms with E-state index in [1.54, 1.807) is 67.6 Å². The molecule has 8 heteroatoms. The Bertz CT molecular complexity index is 1490. The molecule has 2 aliphatic rings. The zero-order valence-electron chi connectivity index (χ0n) is 20.4. The van der Waals surface area contributed by atoms with Crippen LogP contribution in [0.2, 0.25) is 0 Å². The van der Waals surface area contributed by atoms with Crippen LogP contribution < -0.4 is 15.0 Å². The Morgan fingerprint density at radius 1 is 0.919 bits per heavy atom.